The summed E-state index contributed by atoms with van der Waals surface area (Å²) in [5.74, 6) is -0.289. The van der Waals surface area contributed by atoms with E-state index in [0.29, 0.717) is 26.2 Å². The van der Waals surface area contributed by atoms with Crippen molar-refractivity contribution in [3.8, 4) is 0 Å². The zero-order valence-corrected chi connectivity index (χ0v) is 12.0. The first kappa shape index (κ1) is 14.3. The molecule has 0 radical (unpaired) electrons. The van der Waals surface area contributed by atoms with Crippen molar-refractivity contribution < 1.29 is 8.60 Å². The highest BCUT2D eigenvalue weighted by Gasteiger charge is 2.10. The SMILES string of the molecule is Nc1ccc(S(=O)Cc2cc(F)ccc2Cl)cc1Cl. The molecule has 0 spiro atoms. The van der Waals surface area contributed by atoms with Crippen molar-refractivity contribution in [2.24, 2.45) is 0 Å². The van der Waals surface area contributed by atoms with E-state index in [4.69, 9.17) is 28.9 Å². The van der Waals surface area contributed by atoms with Crippen LogP contribution < -0.4 is 5.73 Å². The molecule has 0 fully saturated rings. The lowest BCUT2D eigenvalue weighted by Crippen LogP contribution is -1.99. The first-order chi connectivity index (χ1) is 8.97. The van der Waals surface area contributed by atoms with Gasteiger partial charge in [-0.1, -0.05) is 23.2 Å². The fourth-order valence-electron chi connectivity index (χ4n) is 1.53. The van der Waals surface area contributed by atoms with Gasteiger partial charge in [0.25, 0.3) is 0 Å². The minimum atomic E-state index is -1.36. The van der Waals surface area contributed by atoms with E-state index in [9.17, 15) is 8.60 Å². The van der Waals surface area contributed by atoms with E-state index in [2.05, 4.69) is 0 Å². The molecular weight excluding hydrogens is 308 g/mol. The van der Waals surface area contributed by atoms with Gasteiger partial charge in [-0.3, -0.25) is 4.21 Å². The number of rotatable bonds is 3. The molecule has 2 N–H and O–H groups in total. The molecule has 2 nitrogen and oxygen atoms in total. The third-order valence-corrected chi connectivity index (χ3v) is 4.58. The second-order valence-corrected chi connectivity index (χ2v) is 6.17. The zero-order chi connectivity index (χ0) is 14.0. The zero-order valence-electron chi connectivity index (χ0n) is 9.70. The molecule has 6 heteroatoms. The molecule has 0 bridgehead atoms. The molecule has 0 aromatic heterocycles. The number of anilines is 1. The highest BCUT2D eigenvalue weighted by molar-refractivity contribution is 7.84. The van der Waals surface area contributed by atoms with Crippen LogP contribution in [0.4, 0.5) is 10.1 Å². The first-order valence-electron chi connectivity index (χ1n) is 5.34. The second-order valence-electron chi connectivity index (χ2n) is 3.91. The van der Waals surface area contributed by atoms with Crippen molar-refractivity contribution in [2.45, 2.75) is 10.6 Å². The Bertz CT molecular complexity index is 649. The van der Waals surface area contributed by atoms with Crippen molar-refractivity contribution in [1.29, 1.82) is 0 Å². The quantitative estimate of drug-likeness (QED) is 0.869. The minimum absolute atomic E-state index is 0.122. The van der Waals surface area contributed by atoms with Crippen LogP contribution in [0.5, 0.6) is 0 Å². The number of benzene rings is 2. The van der Waals surface area contributed by atoms with Gasteiger partial charge < -0.3 is 5.73 Å². The first-order valence-corrected chi connectivity index (χ1v) is 7.42. The van der Waals surface area contributed by atoms with Crippen LogP contribution in [0.25, 0.3) is 0 Å². The Morgan fingerprint density at radius 1 is 1.11 bits per heavy atom. The third kappa shape index (κ3) is 3.47. The molecule has 19 heavy (non-hydrogen) atoms. The fourth-order valence-corrected chi connectivity index (χ4v) is 3.19. The van der Waals surface area contributed by atoms with E-state index in [-0.39, 0.29) is 5.75 Å². The van der Waals surface area contributed by atoms with Crippen molar-refractivity contribution >= 4 is 39.7 Å². The average molecular weight is 318 g/mol. The summed E-state index contributed by atoms with van der Waals surface area (Å²) in [4.78, 5) is 0.527. The van der Waals surface area contributed by atoms with Crippen molar-refractivity contribution in [3.05, 3.63) is 57.8 Å². The van der Waals surface area contributed by atoms with Gasteiger partial charge >= 0.3 is 0 Å². The molecule has 2 aromatic carbocycles. The Balaban J connectivity index is 2.25. The van der Waals surface area contributed by atoms with Crippen LogP contribution in [0.15, 0.2) is 41.3 Å². The fraction of sp³-hybridized carbons (Fsp3) is 0.0769. The van der Waals surface area contributed by atoms with Gasteiger partial charge in [0.1, 0.15) is 5.82 Å². The topological polar surface area (TPSA) is 43.1 Å². The molecule has 0 heterocycles. The van der Waals surface area contributed by atoms with Gasteiger partial charge in [-0.05, 0) is 42.0 Å². The largest absolute Gasteiger partial charge is 0.398 e. The van der Waals surface area contributed by atoms with Gasteiger partial charge in [-0.15, -0.1) is 0 Å². The Morgan fingerprint density at radius 2 is 1.84 bits per heavy atom. The van der Waals surface area contributed by atoms with Gasteiger partial charge in [-0.25, -0.2) is 4.39 Å². The Morgan fingerprint density at radius 3 is 2.53 bits per heavy atom. The molecule has 0 aliphatic carbocycles. The van der Waals surface area contributed by atoms with Gasteiger partial charge in [0.2, 0.25) is 0 Å². The van der Waals surface area contributed by atoms with Crippen LogP contribution in [-0.2, 0) is 16.6 Å². The lowest BCUT2D eigenvalue weighted by molar-refractivity contribution is 0.626. The van der Waals surface area contributed by atoms with Crippen LogP contribution >= 0.6 is 23.2 Å². The predicted molar refractivity (Wildman–Crippen MR) is 77.4 cm³/mol. The summed E-state index contributed by atoms with van der Waals surface area (Å²) in [6.45, 7) is 0. The maximum atomic E-state index is 13.1. The second kappa shape index (κ2) is 5.90. The Kier molecular flexibility index (Phi) is 4.45. The van der Waals surface area contributed by atoms with Crippen LogP contribution in [-0.4, -0.2) is 4.21 Å². The maximum Gasteiger partial charge on any atom is 0.123 e. The molecule has 2 aromatic rings. The summed E-state index contributed by atoms with van der Waals surface area (Å²) in [7, 11) is -1.36. The summed E-state index contributed by atoms with van der Waals surface area (Å²) >= 11 is 11.8. The van der Waals surface area contributed by atoms with Crippen molar-refractivity contribution in [2.75, 3.05) is 5.73 Å². The van der Waals surface area contributed by atoms with Gasteiger partial charge in [0.15, 0.2) is 0 Å². The molecule has 1 unspecified atom stereocenters. The van der Waals surface area contributed by atoms with Crippen molar-refractivity contribution in [1.82, 2.24) is 0 Å². The minimum Gasteiger partial charge on any atom is -0.398 e. The maximum absolute atomic E-state index is 13.1. The summed E-state index contributed by atoms with van der Waals surface area (Å²) < 4.78 is 25.3. The molecule has 0 saturated heterocycles. The Hall–Kier alpha value is -1.10. The number of halogens is 3. The molecule has 1 atom stereocenters. The third-order valence-electron chi connectivity index (χ3n) is 2.53. The molecule has 0 amide bonds. The Labute approximate surface area is 122 Å². The van der Waals surface area contributed by atoms with E-state index in [1.807, 2.05) is 0 Å². The normalized spacial score (nSPS) is 12.4. The summed E-state index contributed by atoms with van der Waals surface area (Å²) in [6, 6.07) is 8.74. The molecule has 0 saturated carbocycles. The average Bonchev–Trinajstić information content (AvgIpc) is 2.37. The van der Waals surface area contributed by atoms with Crippen molar-refractivity contribution in [3.63, 3.8) is 0 Å². The van der Waals surface area contributed by atoms with Crippen LogP contribution in [0.2, 0.25) is 10.0 Å². The van der Waals surface area contributed by atoms with E-state index >= 15 is 0 Å². The molecule has 100 valence electrons. The number of hydrogen-bond donors (Lipinski definition) is 1. The molecule has 2 rings (SSSR count). The highest BCUT2D eigenvalue weighted by Crippen LogP contribution is 2.25. The summed E-state index contributed by atoms with van der Waals surface area (Å²) in [6.07, 6.45) is 0. The molecule has 0 aliphatic heterocycles. The van der Waals surface area contributed by atoms with Gasteiger partial charge in [0.05, 0.1) is 27.3 Å². The van der Waals surface area contributed by atoms with E-state index in [1.165, 1.54) is 18.2 Å². The van der Waals surface area contributed by atoms with Crippen LogP contribution in [0.3, 0.4) is 0 Å². The summed E-state index contributed by atoms with van der Waals surface area (Å²) in [5, 5.41) is 0.729. The standard InChI is InChI=1S/C13H10Cl2FNOS/c14-11-3-1-9(16)5-8(11)7-19(18)10-2-4-13(17)12(15)6-10/h1-6H,7,17H2. The lowest BCUT2D eigenvalue weighted by atomic mass is 10.2. The number of hydrogen-bond acceptors (Lipinski definition) is 2. The van der Waals surface area contributed by atoms with E-state index < -0.39 is 16.6 Å². The van der Waals surface area contributed by atoms with Gasteiger partial charge in [0, 0.05) is 9.92 Å². The number of nitrogens with two attached hydrogens (primary N) is 1. The van der Waals surface area contributed by atoms with Crippen LogP contribution in [0.1, 0.15) is 5.56 Å². The highest BCUT2D eigenvalue weighted by atomic mass is 35.5. The van der Waals surface area contributed by atoms with E-state index in [0.717, 1.165) is 0 Å². The monoisotopic (exact) mass is 317 g/mol. The molecule has 0 aliphatic rings. The van der Waals surface area contributed by atoms with E-state index in [1.54, 1.807) is 18.2 Å². The predicted octanol–water partition coefficient (Wildman–Crippen LogP) is 4.02. The smallest absolute Gasteiger partial charge is 0.123 e. The lowest BCUT2D eigenvalue weighted by Gasteiger charge is -2.06. The van der Waals surface area contributed by atoms with Crippen LogP contribution in [0, 0.1) is 5.82 Å². The summed E-state index contributed by atoms with van der Waals surface area (Å²) in [5.41, 5.74) is 6.50. The molecular formula is C13H10Cl2FNOS. The number of nitrogen functional groups attached to an aromatic ring is 1. The van der Waals surface area contributed by atoms with Gasteiger partial charge in [-0.2, -0.15) is 0 Å².